The number of rotatable bonds is 3. The van der Waals surface area contributed by atoms with Gasteiger partial charge in [0.05, 0.1) is 6.21 Å². The molecule has 0 aromatic heterocycles. The maximum absolute atomic E-state index is 11.7. The smallest absolute Gasteiger partial charge is 0.271 e. The predicted molar refractivity (Wildman–Crippen MR) is 76.3 cm³/mol. The maximum atomic E-state index is 11.7. The van der Waals surface area contributed by atoms with E-state index >= 15 is 0 Å². The van der Waals surface area contributed by atoms with E-state index in [0.29, 0.717) is 16.1 Å². The van der Waals surface area contributed by atoms with Crippen molar-refractivity contribution in [2.45, 2.75) is 0 Å². The molecule has 0 aliphatic rings. The number of hydrogen-bond acceptors (Lipinski definition) is 4. The Bertz CT molecular complexity index is 671. The number of benzene rings is 2. The average molecular weight is 291 g/mol. The first-order chi connectivity index (χ1) is 9.56. The van der Waals surface area contributed by atoms with Gasteiger partial charge < -0.3 is 10.2 Å². The minimum Gasteiger partial charge on any atom is -0.508 e. The molecule has 6 heteroatoms. The van der Waals surface area contributed by atoms with Crippen LogP contribution in [0.2, 0.25) is 5.02 Å². The van der Waals surface area contributed by atoms with E-state index in [1.165, 1.54) is 30.5 Å². The lowest BCUT2D eigenvalue weighted by Gasteiger charge is -2.01. The molecule has 0 aliphatic carbocycles. The molecule has 2 aromatic rings. The van der Waals surface area contributed by atoms with Gasteiger partial charge in [0.15, 0.2) is 0 Å². The molecule has 2 aromatic carbocycles. The monoisotopic (exact) mass is 290 g/mol. The van der Waals surface area contributed by atoms with Crippen LogP contribution in [0.5, 0.6) is 11.5 Å². The van der Waals surface area contributed by atoms with Crippen molar-refractivity contribution in [1.82, 2.24) is 5.43 Å². The van der Waals surface area contributed by atoms with Crippen LogP contribution in [0.1, 0.15) is 15.9 Å². The van der Waals surface area contributed by atoms with Gasteiger partial charge >= 0.3 is 0 Å². The van der Waals surface area contributed by atoms with E-state index in [4.69, 9.17) is 16.7 Å². The highest BCUT2D eigenvalue weighted by Gasteiger charge is 2.04. The highest BCUT2D eigenvalue weighted by atomic mass is 35.5. The van der Waals surface area contributed by atoms with Crippen molar-refractivity contribution in [1.29, 1.82) is 0 Å². The summed E-state index contributed by atoms with van der Waals surface area (Å²) < 4.78 is 0. The zero-order valence-corrected chi connectivity index (χ0v) is 11.0. The molecule has 102 valence electrons. The first-order valence-corrected chi connectivity index (χ1v) is 6.05. The van der Waals surface area contributed by atoms with Gasteiger partial charge in [-0.3, -0.25) is 4.79 Å². The summed E-state index contributed by atoms with van der Waals surface area (Å²) in [6.07, 6.45) is 1.28. The Morgan fingerprint density at radius 2 is 2.00 bits per heavy atom. The van der Waals surface area contributed by atoms with Crippen molar-refractivity contribution in [2.75, 3.05) is 0 Å². The summed E-state index contributed by atoms with van der Waals surface area (Å²) in [7, 11) is 0. The van der Waals surface area contributed by atoms with Crippen molar-refractivity contribution in [3.8, 4) is 11.5 Å². The van der Waals surface area contributed by atoms with Crippen molar-refractivity contribution in [3.63, 3.8) is 0 Å². The predicted octanol–water partition coefficient (Wildman–Crippen LogP) is 2.52. The van der Waals surface area contributed by atoms with Crippen LogP contribution in [0.25, 0.3) is 0 Å². The number of halogens is 1. The summed E-state index contributed by atoms with van der Waals surface area (Å²) in [6.45, 7) is 0. The van der Waals surface area contributed by atoms with Gasteiger partial charge in [0, 0.05) is 22.2 Å². The molecule has 0 unspecified atom stereocenters. The van der Waals surface area contributed by atoms with E-state index in [2.05, 4.69) is 10.5 Å². The summed E-state index contributed by atoms with van der Waals surface area (Å²) in [5.74, 6) is -0.601. The van der Waals surface area contributed by atoms with Crippen LogP contribution >= 0.6 is 11.6 Å². The van der Waals surface area contributed by atoms with E-state index in [-0.39, 0.29) is 11.5 Å². The Hall–Kier alpha value is -2.53. The van der Waals surface area contributed by atoms with E-state index in [1.54, 1.807) is 18.2 Å². The second-order valence-corrected chi connectivity index (χ2v) is 4.39. The molecule has 5 nitrogen and oxygen atoms in total. The number of nitrogens with one attached hydrogen (secondary N) is 1. The van der Waals surface area contributed by atoms with Crippen molar-refractivity contribution in [2.24, 2.45) is 5.10 Å². The Morgan fingerprint density at radius 3 is 2.70 bits per heavy atom. The number of nitrogens with zero attached hydrogens (tertiary/aromatic N) is 1. The largest absolute Gasteiger partial charge is 0.508 e. The summed E-state index contributed by atoms with van der Waals surface area (Å²) in [4.78, 5) is 11.7. The van der Waals surface area contributed by atoms with Crippen molar-refractivity contribution < 1.29 is 15.0 Å². The minimum absolute atomic E-state index is 0.0531. The molecule has 20 heavy (non-hydrogen) atoms. The fraction of sp³-hybridized carbons (Fsp3) is 0. The summed E-state index contributed by atoms with van der Waals surface area (Å²) in [6, 6.07) is 10.5. The van der Waals surface area contributed by atoms with Gasteiger partial charge in [0.25, 0.3) is 5.91 Å². The summed E-state index contributed by atoms with van der Waals surface area (Å²) >= 11 is 5.78. The molecule has 0 saturated heterocycles. The van der Waals surface area contributed by atoms with Crippen LogP contribution in [0.4, 0.5) is 0 Å². The standard InChI is InChI=1S/C14H11ClN2O3/c15-11-3-1-2-9(6-11)14(20)17-16-8-10-4-5-12(18)7-13(10)19/h1-8,18-19H,(H,17,20)/b16-8-. The second kappa shape index (κ2) is 6.08. The summed E-state index contributed by atoms with van der Waals surface area (Å²) in [5.41, 5.74) is 3.06. The second-order valence-electron chi connectivity index (χ2n) is 3.95. The number of phenols is 2. The van der Waals surface area contributed by atoms with Crippen LogP contribution in [-0.4, -0.2) is 22.3 Å². The lowest BCUT2D eigenvalue weighted by molar-refractivity contribution is 0.0955. The molecule has 0 saturated carbocycles. The van der Waals surface area contributed by atoms with E-state index in [9.17, 15) is 9.90 Å². The van der Waals surface area contributed by atoms with E-state index in [0.717, 1.165) is 0 Å². The number of hydrogen-bond donors (Lipinski definition) is 3. The third-order valence-electron chi connectivity index (χ3n) is 2.47. The first kappa shape index (κ1) is 13.9. The van der Waals surface area contributed by atoms with Crippen LogP contribution in [-0.2, 0) is 0 Å². The molecule has 0 aliphatic heterocycles. The van der Waals surface area contributed by atoms with Gasteiger partial charge in [-0.1, -0.05) is 17.7 Å². The van der Waals surface area contributed by atoms with Crippen molar-refractivity contribution in [3.05, 3.63) is 58.6 Å². The Labute approximate surface area is 120 Å². The van der Waals surface area contributed by atoms with Crippen LogP contribution in [0.15, 0.2) is 47.6 Å². The van der Waals surface area contributed by atoms with Gasteiger partial charge in [-0.25, -0.2) is 5.43 Å². The first-order valence-electron chi connectivity index (χ1n) is 5.67. The Balaban J connectivity index is 2.04. The molecular weight excluding hydrogens is 280 g/mol. The number of amides is 1. The van der Waals surface area contributed by atoms with Crippen LogP contribution in [0.3, 0.4) is 0 Å². The lowest BCUT2D eigenvalue weighted by Crippen LogP contribution is -2.17. The van der Waals surface area contributed by atoms with Crippen molar-refractivity contribution >= 4 is 23.7 Å². The molecule has 0 atom stereocenters. The fourth-order valence-electron chi connectivity index (χ4n) is 1.50. The molecule has 0 spiro atoms. The maximum Gasteiger partial charge on any atom is 0.271 e. The number of carbonyl (C=O) groups excluding carboxylic acids is 1. The fourth-order valence-corrected chi connectivity index (χ4v) is 1.69. The minimum atomic E-state index is -0.415. The molecule has 0 bridgehead atoms. The zero-order chi connectivity index (χ0) is 14.5. The molecule has 0 fully saturated rings. The zero-order valence-electron chi connectivity index (χ0n) is 10.2. The SMILES string of the molecule is O=C(N/N=C\c1ccc(O)cc1O)c1cccc(Cl)c1. The molecule has 3 N–H and O–H groups in total. The highest BCUT2D eigenvalue weighted by Crippen LogP contribution is 2.20. The van der Waals surface area contributed by atoms with Gasteiger partial charge in [0.1, 0.15) is 11.5 Å². The quantitative estimate of drug-likeness (QED) is 0.600. The van der Waals surface area contributed by atoms with Gasteiger partial charge in [-0.15, -0.1) is 0 Å². The van der Waals surface area contributed by atoms with Gasteiger partial charge in [-0.05, 0) is 30.3 Å². The highest BCUT2D eigenvalue weighted by molar-refractivity contribution is 6.30. The number of aromatic hydroxyl groups is 2. The third kappa shape index (κ3) is 3.49. The number of hydrazone groups is 1. The van der Waals surface area contributed by atoms with E-state index < -0.39 is 5.91 Å². The molecule has 1 amide bonds. The van der Waals surface area contributed by atoms with Crippen LogP contribution in [0, 0.1) is 0 Å². The Kier molecular flexibility index (Phi) is 4.22. The number of phenolic OH excluding ortho intramolecular Hbond substituents is 2. The Morgan fingerprint density at radius 1 is 1.20 bits per heavy atom. The molecule has 0 radical (unpaired) electrons. The van der Waals surface area contributed by atoms with Gasteiger partial charge in [0.2, 0.25) is 0 Å². The summed E-state index contributed by atoms with van der Waals surface area (Å²) in [5, 5.41) is 22.9. The number of carbonyl (C=O) groups is 1. The molecule has 2 rings (SSSR count). The third-order valence-corrected chi connectivity index (χ3v) is 2.71. The molecule has 0 heterocycles. The normalized spacial score (nSPS) is 10.7. The van der Waals surface area contributed by atoms with E-state index in [1.807, 2.05) is 0 Å². The topological polar surface area (TPSA) is 81.9 Å². The molecular formula is C14H11ClN2O3. The van der Waals surface area contributed by atoms with Gasteiger partial charge in [-0.2, -0.15) is 5.10 Å². The average Bonchev–Trinajstić information content (AvgIpc) is 2.41. The lowest BCUT2D eigenvalue weighted by atomic mass is 10.2. The van der Waals surface area contributed by atoms with Crippen LogP contribution < -0.4 is 5.43 Å².